The van der Waals surface area contributed by atoms with E-state index in [2.05, 4.69) is 0 Å². The third-order valence-corrected chi connectivity index (χ3v) is 3.36. The van der Waals surface area contributed by atoms with Crippen molar-refractivity contribution in [1.29, 1.82) is 0 Å². The van der Waals surface area contributed by atoms with Crippen molar-refractivity contribution in [3.05, 3.63) is 53.6 Å². The third kappa shape index (κ3) is 3.67. The van der Waals surface area contributed by atoms with Gasteiger partial charge in [-0.25, -0.2) is 0 Å². The Morgan fingerprint density at radius 2 is 1.62 bits per heavy atom. The number of ether oxygens (including phenoxy) is 3. The lowest BCUT2D eigenvalue weighted by atomic mass is 10.00. The van der Waals surface area contributed by atoms with Crippen LogP contribution >= 0.6 is 0 Å². The predicted molar refractivity (Wildman–Crippen MR) is 81.2 cm³/mol. The summed E-state index contributed by atoms with van der Waals surface area (Å²) in [6, 6.07) is 13.0. The molecule has 1 atom stereocenters. The minimum Gasteiger partial charge on any atom is -0.497 e. The maximum absolute atomic E-state index is 10.5. The summed E-state index contributed by atoms with van der Waals surface area (Å²) in [6.45, 7) is 0. The highest BCUT2D eigenvalue weighted by Gasteiger charge is 2.15. The molecule has 4 heteroatoms. The van der Waals surface area contributed by atoms with Gasteiger partial charge in [0, 0.05) is 12.0 Å². The predicted octanol–water partition coefficient (Wildman–Crippen LogP) is 2.99. The largest absolute Gasteiger partial charge is 0.497 e. The normalized spacial score (nSPS) is 11.8. The van der Waals surface area contributed by atoms with Gasteiger partial charge in [0.05, 0.1) is 27.4 Å². The molecule has 0 radical (unpaired) electrons. The summed E-state index contributed by atoms with van der Waals surface area (Å²) in [5.74, 6) is 2.11. The monoisotopic (exact) mass is 288 g/mol. The van der Waals surface area contributed by atoms with E-state index in [0.29, 0.717) is 23.5 Å². The van der Waals surface area contributed by atoms with Crippen LogP contribution in [-0.2, 0) is 6.42 Å². The molecule has 2 rings (SSSR count). The average molecular weight is 288 g/mol. The lowest BCUT2D eigenvalue weighted by Gasteiger charge is -2.16. The van der Waals surface area contributed by atoms with Crippen LogP contribution in [-0.4, -0.2) is 26.4 Å². The van der Waals surface area contributed by atoms with Crippen LogP contribution in [0.25, 0.3) is 0 Å². The van der Waals surface area contributed by atoms with E-state index in [9.17, 15) is 5.11 Å². The van der Waals surface area contributed by atoms with Crippen molar-refractivity contribution in [3.8, 4) is 17.2 Å². The second-order valence-corrected chi connectivity index (χ2v) is 4.68. The molecule has 0 bridgehead atoms. The van der Waals surface area contributed by atoms with Gasteiger partial charge in [-0.2, -0.15) is 0 Å². The van der Waals surface area contributed by atoms with E-state index in [-0.39, 0.29) is 0 Å². The van der Waals surface area contributed by atoms with Gasteiger partial charge in [-0.3, -0.25) is 0 Å². The zero-order valence-electron chi connectivity index (χ0n) is 12.5. The smallest absolute Gasteiger partial charge is 0.124 e. The van der Waals surface area contributed by atoms with Gasteiger partial charge in [-0.15, -0.1) is 0 Å². The molecule has 112 valence electrons. The molecule has 0 aliphatic carbocycles. The molecule has 0 aliphatic heterocycles. The lowest BCUT2D eigenvalue weighted by Crippen LogP contribution is -2.05. The molecular weight excluding hydrogens is 268 g/mol. The molecule has 0 heterocycles. The van der Waals surface area contributed by atoms with Crippen LogP contribution in [0.2, 0.25) is 0 Å². The van der Waals surface area contributed by atoms with Crippen molar-refractivity contribution in [1.82, 2.24) is 0 Å². The van der Waals surface area contributed by atoms with Crippen molar-refractivity contribution in [2.24, 2.45) is 0 Å². The van der Waals surface area contributed by atoms with E-state index in [1.165, 1.54) is 0 Å². The van der Waals surface area contributed by atoms with Crippen LogP contribution in [0, 0.1) is 0 Å². The first-order chi connectivity index (χ1) is 10.2. The first-order valence-electron chi connectivity index (χ1n) is 6.71. The molecule has 4 nitrogen and oxygen atoms in total. The van der Waals surface area contributed by atoms with Gasteiger partial charge in [0.1, 0.15) is 17.2 Å². The van der Waals surface area contributed by atoms with Gasteiger partial charge in [0.2, 0.25) is 0 Å². The SMILES string of the molecule is COc1cccc(CC(O)c2cc(OC)ccc2OC)c1. The molecule has 0 aromatic heterocycles. The van der Waals surface area contributed by atoms with Gasteiger partial charge in [0.25, 0.3) is 0 Å². The molecular formula is C17H20O4. The number of aliphatic hydroxyl groups excluding tert-OH is 1. The van der Waals surface area contributed by atoms with Crippen molar-refractivity contribution in [3.63, 3.8) is 0 Å². The van der Waals surface area contributed by atoms with Crippen LogP contribution in [0.4, 0.5) is 0 Å². The van der Waals surface area contributed by atoms with Gasteiger partial charge < -0.3 is 19.3 Å². The zero-order valence-corrected chi connectivity index (χ0v) is 12.5. The number of benzene rings is 2. The highest BCUT2D eigenvalue weighted by molar-refractivity contribution is 5.42. The molecule has 21 heavy (non-hydrogen) atoms. The van der Waals surface area contributed by atoms with Gasteiger partial charge in [0.15, 0.2) is 0 Å². The fourth-order valence-electron chi connectivity index (χ4n) is 2.23. The number of hydrogen-bond donors (Lipinski definition) is 1. The van der Waals surface area contributed by atoms with Crippen LogP contribution in [0.1, 0.15) is 17.2 Å². The minimum atomic E-state index is -0.679. The summed E-state index contributed by atoms with van der Waals surface area (Å²) < 4.78 is 15.7. The second kappa shape index (κ2) is 6.99. The van der Waals surface area contributed by atoms with Crippen LogP contribution in [0.5, 0.6) is 17.2 Å². The highest BCUT2D eigenvalue weighted by Crippen LogP contribution is 2.31. The fraction of sp³-hybridized carbons (Fsp3) is 0.294. The first-order valence-corrected chi connectivity index (χ1v) is 6.71. The first kappa shape index (κ1) is 15.2. The van der Waals surface area contributed by atoms with Crippen molar-refractivity contribution in [2.45, 2.75) is 12.5 Å². The van der Waals surface area contributed by atoms with Crippen molar-refractivity contribution >= 4 is 0 Å². The summed E-state index contributed by atoms with van der Waals surface area (Å²) in [5, 5.41) is 10.5. The van der Waals surface area contributed by atoms with Crippen LogP contribution in [0.3, 0.4) is 0 Å². The molecule has 0 amide bonds. The molecule has 0 saturated carbocycles. The molecule has 2 aromatic rings. The summed E-state index contributed by atoms with van der Waals surface area (Å²) in [5.41, 5.74) is 1.70. The lowest BCUT2D eigenvalue weighted by molar-refractivity contribution is 0.173. The quantitative estimate of drug-likeness (QED) is 0.887. The van der Waals surface area contributed by atoms with Crippen LogP contribution < -0.4 is 14.2 Å². The number of hydrogen-bond acceptors (Lipinski definition) is 4. The summed E-state index contributed by atoms with van der Waals surface area (Å²) in [7, 11) is 4.81. The molecule has 0 saturated heterocycles. The van der Waals surface area contributed by atoms with E-state index < -0.39 is 6.10 Å². The maximum atomic E-state index is 10.5. The van der Waals surface area contributed by atoms with E-state index in [4.69, 9.17) is 14.2 Å². The van der Waals surface area contributed by atoms with Gasteiger partial charge in [-0.1, -0.05) is 12.1 Å². The van der Waals surface area contributed by atoms with E-state index >= 15 is 0 Å². The molecule has 1 N–H and O–H groups in total. The Balaban J connectivity index is 2.24. The molecule has 0 aliphatic rings. The Bertz CT molecular complexity index is 595. The number of methoxy groups -OCH3 is 3. The number of rotatable bonds is 6. The second-order valence-electron chi connectivity index (χ2n) is 4.68. The maximum Gasteiger partial charge on any atom is 0.124 e. The molecule has 0 fully saturated rings. The number of aliphatic hydroxyl groups is 1. The topological polar surface area (TPSA) is 47.9 Å². The van der Waals surface area contributed by atoms with E-state index in [1.807, 2.05) is 24.3 Å². The summed E-state index contributed by atoms with van der Waals surface area (Å²) in [4.78, 5) is 0. The van der Waals surface area contributed by atoms with Crippen LogP contribution in [0.15, 0.2) is 42.5 Å². The van der Waals surface area contributed by atoms with E-state index in [1.54, 1.807) is 39.5 Å². The Labute approximate surface area is 124 Å². The highest BCUT2D eigenvalue weighted by atomic mass is 16.5. The Morgan fingerprint density at radius 3 is 2.29 bits per heavy atom. The molecule has 0 spiro atoms. The molecule has 1 unspecified atom stereocenters. The standard InChI is InChI=1S/C17H20O4/c1-19-13-6-4-5-12(9-13)10-16(18)15-11-14(20-2)7-8-17(15)21-3/h4-9,11,16,18H,10H2,1-3H3. The zero-order chi connectivity index (χ0) is 15.2. The Kier molecular flexibility index (Phi) is 5.06. The van der Waals surface area contributed by atoms with Gasteiger partial charge in [-0.05, 0) is 35.9 Å². The Morgan fingerprint density at radius 1 is 0.905 bits per heavy atom. The van der Waals surface area contributed by atoms with Crippen molar-refractivity contribution < 1.29 is 19.3 Å². The molecule has 2 aromatic carbocycles. The summed E-state index contributed by atoms with van der Waals surface area (Å²) >= 11 is 0. The minimum absolute atomic E-state index is 0.473. The van der Waals surface area contributed by atoms with Crippen molar-refractivity contribution in [2.75, 3.05) is 21.3 Å². The van der Waals surface area contributed by atoms with E-state index in [0.717, 1.165) is 11.3 Å². The fourth-order valence-corrected chi connectivity index (χ4v) is 2.23. The van der Waals surface area contributed by atoms with Gasteiger partial charge >= 0.3 is 0 Å². The summed E-state index contributed by atoms with van der Waals surface area (Å²) in [6.07, 6.45) is -0.206. The average Bonchev–Trinajstić information content (AvgIpc) is 2.54. The Hall–Kier alpha value is -2.20. The third-order valence-electron chi connectivity index (χ3n) is 3.36.